The van der Waals surface area contributed by atoms with Crippen molar-refractivity contribution in [3.8, 4) is 11.3 Å². The molecule has 4 aromatic rings. The summed E-state index contributed by atoms with van der Waals surface area (Å²) in [6.45, 7) is 6.53. The van der Waals surface area contributed by atoms with Gasteiger partial charge in [-0.2, -0.15) is 5.10 Å². The third kappa shape index (κ3) is 4.04. The molecule has 4 N–H and O–H groups in total. The highest BCUT2D eigenvalue weighted by atomic mass is 16.1. The number of amides is 1. The largest absolute Gasteiger partial charge is 0.383 e. The van der Waals surface area contributed by atoms with E-state index in [1.807, 2.05) is 45.0 Å². The SMILES string of the molecule is Cc1ccc(-c2nn(C(C)(C)CNC(=O)c3ccc(C[NH])cc3)c3ncnc(N)c23)cc1. The molecule has 0 saturated heterocycles. The zero-order chi connectivity index (χ0) is 22.9. The van der Waals surface area contributed by atoms with Crippen molar-refractivity contribution in [2.75, 3.05) is 12.3 Å². The molecule has 2 heterocycles. The van der Waals surface area contributed by atoms with E-state index in [0.29, 0.717) is 34.7 Å². The normalized spacial score (nSPS) is 11.6. The van der Waals surface area contributed by atoms with Gasteiger partial charge in [0.05, 0.1) is 10.9 Å². The number of nitrogen functional groups attached to an aromatic ring is 1. The van der Waals surface area contributed by atoms with Crippen molar-refractivity contribution in [1.82, 2.24) is 30.8 Å². The second-order valence-electron chi connectivity index (χ2n) is 8.45. The quantitative estimate of drug-likeness (QED) is 0.488. The number of rotatable bonds is 6. The minimum atomic E-state index is -0.585. The van der Waals surface area contributed by atoms with E-state index in [1.165, 1.54) is 6.33 Å². The molecule has 0 fully saturated rings. The second kappa shape index (κ2) is 8.39. The van der Waals surface area contributed by atoms with Crippen LogP contribution in [-0.2, 0) is 12.1 Å². The van der Waals surface area contributed by atoms with Crippen LogP contribution in [0.15, 0.2) is 54.9 Å². The lowest BCUT2D eigenvalue weighted by molar-refractivity contribution is 0.0936. The van der Waals surface area contributed by atoms with Gasteiger partial charge < -0.3 is 11.1 Å². The Morgan fingerprint density at radius 3 is 2.44 bits per heavy atom. The van der Waals surface area contributed by atoms with Gasteiger partial charge in [-0.25, -0.2) is 14.6 Å². The van der Waals surface area contributed by atoms with Gasteiger partial charge in [-0.3, -0.25) is 10.5 Å². The first-order valence-electron chi connectivity index (χ1n) is 10.4. The van der Waals surface area contributed by atoms with Gasteiger partial charge in [0.2, 0.25) is 0 Å². The van der Waals surface area contributed by atoms with Crippen LogP contribution < -0.4 is 16.8 Å². The lowest BCUT2D eigenvalue weighted by Crippen LogP contribution is -2.41. The predicted octanol–water partition coefficient (Wildman–Crippen LogP) is 3.33. The summed E-state index contributed by atoms with van der Waals surface area (Å²) in [4.78, 5) is 21.3. The highest BCUT2D eigenvalue weighted by Crippen LogP contribution is 2.33. The maximum absolute atomic E-state index is 12.7. The van der Waals surface area contributed by atoms with Crippen molar-refractivity contribution in [1.29, 1.82) is 0 Å². The molecule has 0 bridgehead atoms. The van der Waals surface area contributed by atoms with E-state index in [9.17, 15) is 4.79 Å². The number of fused-ring (bicyclic) bond motifs is 1. The van der Waals surface area contributed by atoms with Gasteiger partial charge in [0, 0.05) is 24.2 Å². The van der Waals surface area contributed by atoms with Crippen molar-refractivity contribution in [2.24, 2.45) is 0 Å². The minimum absolute atomic E-state index is 0.182. The number of carbonyl (C=O) groups excluding carboxylic acids is 1. The molecule has 0 atom stereocenters. The Kier molecular flexibility index (Phi) is 5.63. The van der Waals surface area contributed by atoms with Gasteiger partial charge >= 0.3 is 0 Å². The summed E-state index contributed by atoms with van der Waals surface area (Å²) >= 11 is 0. The Morgan fingerprint density at radius 2 is 1.78 bits per heavy atom. The Labute approximate surface area is 186 Å². The molecule has 1 amide bonds. The number of nitrogens with one attached hydrogen (secondary N) is 2. The number of benzene rings is 2. The predicted molar refractivity (Wildman–Crippen MR) is 125 cm³/mol. The number of carbonyl (C=O) groups is 1. The maximum Gasteiger partial charge on any atom is 0.251 e. The second-order valence-corrected chi connectivity index (χ2v) is 8.45. The lowest BCUT2D eigenvalue weighted by atomic mass is 10.1. The van der Waals surface area contributed by atoms with Gasteiger partial charge in [-0.15, -0.1) is 0 Å². The summed E-state index contributed by atoms with van der Waals surface area (Å²) in [5.41, 5.74) is 17.9. The Morgan fingerprint density at radius 1 is 1.09 bits per heavy atom. The first kappa shape index (κ1) is 21.5. The summed E-state index contributed by atoms with van der Waals surface area (Å²) in [6, 6.07) is 15.1. The Hall–Kier alpha value is -3.78. The zero-order valence-corrected chi connectivity index (χ0v) is 18.4. The summed E-state index contributed by atoms with van der Waals surface area (Å²) < 4.78 is 1.80. The summed E-state index contributed by atoms with van der Waals surface area (Å²) in [6.07, 6.45) is 1.43. The van der Waals surface area contributed by atoms with E-state index >= 15 is 0 Å². The van der Waals surface area contributed by atoms with Crippen LogP contribution in [0.2, 0.25) is 0 Å². The van der Waals surface area contributed by atoms with Crippen LogP contribution in [0.5, 0.6) is 0 Å². The van der Waals surface area contributed by atoms with E-state index in [4.69, 9.17) is 16.6 Å². The van der Waals surface area contributed by atoms with E-state index in [2.05, 4.69) is 15.3 Å². The number of aryl methyl sites for hydroxylation is 1. The molecule has 8 nitrogen and oxygen atoms in total. The molecule has 0 aliphatic heterocycles. The fourth-order valence-electron chi connectivity index (χ4n) is 3.56. The molecule has 163 valence electrons. The number of hydrogen-bond acceptors (Lipinski definition) is 5. The van der Waals surface area contributed by atoms with E-state index < -0.39 is 5.54 Å². The number of anilines is 1. The van der Waals surface area contributed by atoms with Crippen molar-refractivity contribution in [3.63, 3.8) is 0 Å². The third-order valence-electron chi connectivity index (χ3n) is 5.49. The van der Waals surface area contributed by atoms with Crippen LogP contribution in [-0.4, -0.2) is 32.2 Å². The van der Waals surface area contributed by atoms with Crippen molar-refractivity contribution < 1.29 is 4.79 Å². The minimum Gasteiger partial charge on any atom is -0.383 e. The zero-order valence-electron chi connectivity index (χ0n) is 18.4. The topological polar surface area (TPSA) is 123 Å². The van der Waals surface area contributed by atoms with Crippen LogP contribution in [0.25, 0.3) is 22.3 Å². The molecule has 2 aromatic heterocycles. The Bertz CT molecular complexity index is 1260. The van der Waals surface area contributed by atoms with Crippen molar-refractivity contribution >= 4 is 22.8 Å². The molecular formula is C24H26N7O. The first-order valence-corrected chi connectivity index (χ1v) is 10.4. The molecule has 0 spiro atoms. The smallest absolute Gasteiger partial charge is 0.251 e. The fourth-order valence-corrected chi connectivity index (χ4v) is 3.56. The van der Waals surface area contributed by atoms with Crippen LogP contribution in [0, 0.1) is 6.92 Å². The molecule has 2 aromatic carbocycles. The van der Waals surface area contributed by atoms with E-state index in [0.717, 1.165) is 16.7 Å². The number of nitrogens with zero attached hydrogens (tertiary/aromatic N) is 4. The molecular weight excluding hydrogens is 402 g/mol. The van der Waals surface area contributed by atoms with E-state index in [1.54, 1.807) is 28.9 Å². The molecule has 32 heavy (non-hydrogen) atoms. The van der Waals surface area contributed by atoms with E-state index in [-0.39, 0.29) is 12.5 Å². The van der Waals surface area contributed by atoms with Gasteiger partial charge in [0.25, 0.3) is 5.91 Å². The summed E-state index contributed by atoms with van der Waals surface area (Å²) in [7, 11) is 0. The van der Waals surface area contributed by atoms with Crippen molar-refractivity contribution in [2.45, 2.75) is 32.9 Å². The van der Waals surface area contributed by atoms with Crippen LogP contribution in [0.1, 0.15) is 35.3 Å². The molecule has 0 aliphatic rings. The molecule has 0 saturated carbocycles. The monoisotopic (exact) mass is 428 g/mol. The van der Waals surface area contributed by atoms with Gasteiger partial charge in [-0.1, -0.05) is 42.0 Å². The molecule has 8 heteroatoms. The van der Waals surface area contributed by atoms with Gasteiger partial charge in [-0.05, 0) is 38.5 Å². The molecule has 0 unspecified atom stereocenters. The standard InChI is InChI=1S/C24H26N7O/c1-15-4-8-17(9-5-15)20-19-21(26)28-14-29-22(19)31(30-20)24(2,3)13-27-23(32)18-10-6-16(12-25)7-11-18/h4-11,14,25H,12-13H2,1-3H3,(H,27,32)(H2,26,28,29). The van der Waals surface area contributed by atoms with Crippen molar-refractivity contribution in [3.05, 3.63) is 71.5 Å². The highest BCUT2D eigenvalue weighted by Gasteiger charge is 2.28. The maximum atomic E-state index is 12.7. The number of hydrogen-bond donors (Lipinski definition) is 2. The lowest BCUT2D eigenvalue weighted by Gasteiger charge is -2.26. The fraction of sp³-hybridized carbons (Fsp3) is 0.250. The van der Waals surface area contributed by atoms with Crippen LogP contribution in [0.4, 0.5) is 5.82 Å². The average Bonchev–Trinajstić information content (AvgIpc) is 3.20. The first-order chi connectivity index (χ1) is 15.3. The van der Waals surface area contributed by atoms with Gasteiger partial charge in [0.1, 0.15) is 17.8 Å². The van der Waals surface area contributed by atoms with Crippen LogP contribution >= 0.6 is 0 Å². The summed E-state index contributed by atoms with van der Waals surface area (Å²) in [5, 5.41) is 8.54. The van der Waals surface area contributed by atoms with Gasteiger partial charge in [0.15, 0.2) is 5.65 Å². The third-order valence-corrected chi connectivity index (χ3v) is 5.49. The number of nitrogens with two attached hydrogens (primary N) is 1. The molecule has 1 radical (unpaired) electrons. The average molecular weight is 429 g/mol. The summed E-state index contributed by atoms with van der Waals surface area (Å²) in [5.74, 6) is 0.185. The Balaban J connectivity index is 1.66. The molecule has 0 aliphatic carbocycles. The number of aromatic nitrogens is 4. The molecule has 4 rings (SSSR count). The highest BCUT2D eigenvalue weighted by molar-refractivity contribution is 5.98. The van der Waals surface area contributed by atoms with Crippen LogP contribution in [0.3, 0.4) is 0 Å².